The van der Waals surface area contributed by atoms with Crippen LogP contribution >= 0.6 is 0 Å². The highest BCUT2D eigenvalue weighted by Gasteiger charge is 2.24. The standard InChI is InChI=1S/C27H27N3O3/c31-25(17-19-10-11-23-21(16-19)18-26(32)28-23)29-27(20-6-2-1-3-7-20)22-8-4-5-9-24(22)30-12-14-33-15-13-30/h1-11,16,27H,12-15,17-18H2,(H,28,32)(H,29,31). The largest absolute Gasteiger partial charge is 0.378 e. The molecule has 33 heavy (non-hydrogen) atoms. The smallest absolute Gasteiger partial charge is 0.228 e. The highest BCUT2D eigenvalue weighted by Crippen LogP contribution is 2.32. The Labute approximate surface area is 193 Å². The molecular weight excluding hydrogens is 414 g/mol. The van der Waals surface area contributed by atoms with Crippen molar-refractivity contribution in [2.24, 2.45) is 0 Å². The third kappa shape index (κ3) is 4.76. The van der Waals surface area contributed by atoms with Gasteiger partial charge in [0.05, 0.1) is 32.1 Å². The minimum Gasteiger partial charge on any atom is -0.378 e. The molecule has 0 radical (unpaired) electrons. The number of benzene rings is 3. The predicted octanol–water partition coefficient (Wildman–Crippen LogP) is 3.47. The molecule has 1 fully saturated rings. The number of hydrogen-bond acceptors (Lipinski definition) is 4. The number of anilines is 2. The van der Waals surface area contributed by atoms with E-state index < -0.39 is 0 Å². The number of ether oxygens (including phenoxy) is 1. The van der Waals surface area contributed by atoms with Gasteiger partial charge in [0.15, 0.2) is 0 Å². The van der Waals surface area contributed by atoms with Crippen molar-refractivity contribution in [2.75, 3.05) is 36.5 Å². The van der Waals surface area contributed by atoms with Crippen LogP contribution in [0.4, 0.5) is 11.4 Å². The molecule has 6 nitrogen and oxygen atoms in total. The minimum atomic E-state index is -0.268. The zero-order chi connectivity index (χ0) is 22.6. The summed E-state index contributed by atoms with van der Waals surface area (Å²) in [6.45, 7) is 3.06. The molecular formula is C27H27N3O3. The number of fused-ring (bicyclic) bond motifs is 1. The van der Waals surface area contributed by atoms with Crippen LogP contribution in [0.2, 0.25) is 0 Å². The van der Waals surface area contributed by atoms with Crippen molar-refractivity contribution in [3.8, 4) is 0 Å². The summed E-state index contributed by atoms with van der Waals surface area (Å²) in [4.78, 5) is 27.2. The summed E-state index contributed by atoms with van der Waals surface area (Å²) < 4.78 is 5.54. The number of nitrogens with zero attached hydrogens (tertiary/aromatic N) is 1. The molecule has 5 rings (SSSR count). The number of nitrogens with one attached hydrogen (secondary N) is 2. The summed E-state index contributed by atoms with van der Waals surface area (Å²) >= 11 is 0. The second-order valence-corrected chi connectivity index (χ2v) is 8.46. The molecule has 6 heteroatoms. The molecule has 0 aromatic heterocycles. The van der Waals surface area contributed by atoms with Crippen LogP contribution in [-0.4, -0.2) is 38.1 Å². The number of amides is 2. The van der Waals surface area contributed by atoms with Gasteiger partial charge in [-0.25, -0.2) is 0 Å². The van der Waals surface area contributed by atoms with Gasteiger partial charge >= 0.3 is 0 Å². The van der Waals surface area contributed by atoms with Crippen molar-refractivity contribution in [1.29, 1.82) is 0 Å². The quantitative estimate of drug-likeness (QED) is 0.615. The Morgan fingerprint density at radius 2 is 1.76 bits per heavy atom. The monoisotopic (exact) mass is 441 g/mol. The molecule has 2 aliphatic heterocycles. The van der Waals surface area contributed by atoms with E-state index in [9.17, 15) is 9.59 Å². The Morgan fingerprint density at radius 3 is 2.58 bits per heavy atom. The van der Waals surface area contributed by atoms with Gasteiger partial charge in [-0.1, -0.05) is 60.7 Å². The second-order valence-electron chi connectivity index (χ2n) is 8.46. The number of hydrogen-bond donors (Lipinski definition) is 2. The van der Waals surface area contributed by atoms with Crippen molar-refractivity contribution < 1.29 is 14.3 Å². The van der Waals surface area contributed by atoms with Gasteiger partial charge in [0, 0.05) is 30.0 Å². The highest BCUT2D eigenvalue weighted by atomic mass is 16.5. The van der Waals surface area contributed by atoms with Crippen molar-refractivity contribution in [1.82, 2.24) is 5.32 Å². The molecule has 0 aliphatic carbocycles. The number of morpholine rings is 1. The molecule has 2 aliphatic rings. The number of carbonyl (C=O) groups is 2. The first kappa shape index (κ1) is 21.2. The first-order valence-corrected chi connectivity index (χ1v) is 11.3. The lowest BCUT2D eigenvalue weighted by atomic mass is 9.95. The number of rotatable bonds is 6. The summed E-state index contributed by atoms with van der Waals surface area (Å²) in [7, 11) is 0. The van der Waals surface area contributed by atoms with Gasteiger partial charge in [-0.2, -0.15) is 0 Å². The van der Waals surface area contributed by atoms with Crippen molar-refractivity contribution >= 4 is 23.2 Å². The van der Waals surface area contributed by atoms with Crippen LogP contribution in [0.15, 0.2) is 72.8 Å². The fourth-order valence-electron chi connectivity index (χ4n) is 4.60. The molecule has 1 atom stereocenters. The van der Waals surface area contributed by atoms with E-state index in [2.05, 4.69) is 27.7 Å². The Bertz CT molecular complexity index is 1160. The van der Waals surface area contributed by atoms with Crippen molar-refractivity contribution in [2.45, 2.75) is 18.9 Å². The predicted molar refractivity (Wildman–Crippen MR) is 128 cm³/mol. The van der Waals surface area contributed by atoms with Gasteiger partial charge in [-0.3, -0.25) is 9.59 Å². The molecule has 1 unspecified atom stereocenters. The molecule has 1 saturated heterocycles. The maximum Gasteiger partial charge on any atom is 0.228 e. The van der Waals surface area contributed by atoms with E-state index in [4.69, 9.17) is 4.74 Å². The Balaban J connectivity index is 1.41. The van der Waals surface area contributed by atoms with E-state index in [0.29, 0.717) is 19.6 Å². The Kier molecular flexibility index (Phi) is 6.09. The summed E-state index contributed by atoms with van der Waals surface area (Å²) in [6.07, 6.45) is 0.620. The molecule has 0 saturated carbocycles. The molecule has 3 aromatic rings. The zero-order valence-corrected chi connectivity index (χ0v) is 18.4. The lowest BCUT2D eigenvalue weighted by Gasteiger charge is -2.33. The summed E-state index contributed by atoms with van der Waals surface area (Å²) in [5.41, 5.74) is 5.92. The maximum atomic E-state index is 13.2. The maximum absolute atomic E-state index is 13.2. The average molecular weight is 442 g/mol. The first-order chi connectivity index (χ1) is 16.2. The lowest BCUT2D eigenvalue weighted by Crippen LogP contribution is -2.38. The molecule has 0 spiro atoms. The van der Waals surface area contributed by atoms with Gasteiger partial charge in [0.25, 0.3) is 0 Å². The van der Waals surface area contributed by atoms with Crippen LogP contribution in [0.25, 0.3) is 0 Å². The molecule has 2 N–H and O–H groups in total. The summed E-state index contributed by atoms with van der Waals surface area (Å²) in [6, 6.07) is 23.8. The van der Waals surface area contributed by atoms with E-state index >= 15 is 0 Å². The van der Waals surface area contributed by atoms with Gasteiger partial charge in [0.2, 0.25) is 11.8 Å². The molecule has 2 heterocycles. The van der Waals surface area contributed by atoms with Gasteiger partial charge in [-0.05, 0) is 28.8 Å². The number of carbonyl (C=O) groups excluding carboxylic acids is 2. The minimum absolute atomic E-state index is 0.00420. The second kappa shape index (κ2) is 9.46. The summed E-state index contributed by atoms with van der Waals surface area (Å²) in [5, 5.41) is 6.11. The molecule has 2 amide bonds. The molecule has 168 valence electrons. The fraction of sp³-hybridized carbons (Fsp3) is 0.259. The van der Waals surface area contributed by atoms with Gasteiger partial charge in [0.1, 0.15) is 0 Å². The van der Waals surface area contributed by atoms with E-state index in [1.54, 1.807) is 0 Å². The third-order valence-electron chi connectivity index (χ3n) is 6.20. The third-order valence-corrected chi connectivity index (χ3v) is 6.20. The molecule has 3 aromatic carbocycles. The van der Waals surface area contributed by atoms with Gasteiger partial charge < -0.3 is 20.3 Å². The lowest BCUT2D eigenvalue weighted by molar-refractivity contribution is -0.121. The van der Waals surface area contributed by atoms with Gasteiger partial charge in [-0.15, -0.1) is 0 Å². The van der Waals surface area contributed by atoms with Crippen LogP contribution in [0.3, 0.4) is 0 Å². The van der Waals surface area contributed by atoms with Crippen LogP contribution in [0, 0.1) is 0 Å². The summed E-state index contributed by atoms with van der Waals surface area (Å²) in [5.74, 6) is -0.0617. The SMILES string of the molecule is O=C1Cc2cc(CC(=O)NC(c3ccccc3)c3ccccc3N3CCOCC3)ccc2N1. The van der Waals surface area contributed by atoms with E-state index in [0.717, 1.165) is 46.7 Å². The van der Waals surface area contributed by atoms with E-state index in [1.807, 2.05) is 60.7 Å². The normalized spacial score (nSPS) is 16.1. The van der Waals surface area contributed by atoms with E-state index in [-0.39, 0.29) is 24.3 Å². The molecule has 0 bridgehead atoms. The van der Waals surface area contributed by atoms with E-state index in [1.165, 1.54) is 0 Å². The zero-order valence-electron chi connectivity index (χ0n) is 18.4. The van der Waals surface area contributed by atoms with Crippen LogP contribution in [-0.2, 0) is 27.2 Å². The fourth-order valence-corrected chi connectivity index (χ4v) is 4.60. The topological polar surface area (TPSA) is 70.7 Å². The van der Waals surface area contributed by atoms with Crippen molar-refractivity contribution in [3.05, 3.63) is 95.1 Å². The first-order valence-electron chi connectivity index (χ1n) is 11.3. The average Bonchev–Trinajstić information content (AvgIpc) is 3.23. The Morgan fingerprint density at radius 1 is 1.00 bits per heavy atom. The Hall–Kier alpha value is -3.64. The number of para-hydroxylation sites is 1. The highest BCUT2D eigenvalue weighted by molar-refractivity contribution is 5.99. The van der Waals surface area contributed by atoms with Crippen molar-refractivity contribution in [3.63, 3.8) is 0 Å². The van der Waals surface area contributed by atoms with Crippen LogP contribution in [0.5, 0.6) is 0 Å². The van der Waals surface area contributed by atoms with Crippen LogP contribution in [0.1, 0.15) is 28.3 Å². The van der Waals surface area contributed by atoms with Crippen LogP contribution < -0.4 is 15.5 Å².